The molecule has 0 unspecified atom stereocenters. The van der Waals surface area contributed by atoms with Gasteiger partial charge in [-0.2, -0.15) is 9.97 Å². The maximum Gasteiger partial charge on any atom is 0.269 e. The highest BCUT2D eigenvalue weighted by Crippen LogP contribution is 2.23. The highest BCUT2D eigenvalue weighted by molar-refractivity contribution is 6.03. The van der Waals surface area contributed by atoms with Gasteiger partial charge in [-0.3, -0.25) is 20.2 Å². The zero-order valence-corrected chi connectivity index (χ0v) is 16.6. The van der Waals surface area contributed by atoms with Crippen LogP contribution in [0.1, 0.15) is 15.9 Å². The number of aromatic nitrogens is 4. The molecule has 0 fully saturated rings. The molecule has 2 aromatic carbocycles. The number of carbonyl (C=O) groups is 1. The molecule has 156 valence electrons. The normalized spacial score (nSPS) is 10.7. The third-order valence-corrected chi connectivity index (χ3v) is 4.57. The Bertz CT molecular complexity index is 1240. The summed E-state index contributed by atoms with van der Waals surface area (Å²) in [6, 6.07) is 15.0. The van der Waals surface area contributed by atoms with Crippen molar-refractivity contribution in [2.75, 3.05) is 11.9 Å². The van der Waals surface area contributed by atoms with E-state index < -0.39 is 4.92 Å². The summed E-state index contributed by atoms with van der Waals surface area (Å²) in [5, 5.41) is 13.5. The van der Waals surface area contributed by atoms with Crippen LogP contribution in [-0.2, 0) is 13.5 Å². The standard InChI is InChI=1S/C21H18N6O4/c1-26-13-22-17-18(26)23-21(24-19(28)15-5-3-2-4-6-15)25-20(17)31-12-11-14-7-9-16(10-8-14)27(29)30/h2-10,13H,11-12H2,1H3,(H,23,24,25,28). The summed E-state index contributed by atoms with van der Waals surface area (Å²) < 4.78 is 7.54. The molecular formula is C21H18N6O4. The van der Waals surface area contributed by atoms with E-state index in [-0.39, 0.29) is 30.0 Å². The van der Waals surface area contributed by atoms with E-state index in [1.54, 1.807) is 54.3 Å². The molecule has 10 heteroatoms. The molecule has 1 N–H and O–H groups in total. The maximum absolute atomic E-state index is 12.5. The first kappa shape index (κ1) is 20.0. The predicted octanol–water partition coefficient (Wildman–Crippen LogP) is 3.15. The molecule has 1 amide bonds. The zero-order chi connectivity index (χ0) is 21.8. The van der Waals surface area contributed by atoms with E-state index >= 15 is 0 Å². The van der Waals surface area contributed by atoms with Gasteiger partial charge in [0.15, 0.2) is 11.2 Å². The van der Waals surface area contributed by atoms with Gasteiger partial charge >= 0.3 is 0 Å². The smallest absolute Gasteiger partial charge is 0.269 e. The monoisotopic (exact) mass is 418 g/mol. The Morgan fingerprint density at radius 1 is 1.13 bits per heavy atom. The fraction of sp³-hybridized carbons (Fsp3) is 0.143. The lowest BCUT2D eigenvalue weighted by molar-refractivity contribution is -0.384. The number of nitrogens with one attached hydrogen (secondary N) is 1. The van der Waals surface area contributed by atoms with Crippen LogP contribution in [0.3, 0.4) is 0 Å². The van der Waals surface area contributed by atoms with E-state index in [0.717, 1.165) is 5.56 Å². The van der Waals surface area contributed by atoms with Crippen LogP contribution in [0.25, 0.3) is 11.2 Å². The number of nitrogens with zero attached hydrogens (tertiary/aromatic N) is 5. The van der Waals surface area contributed by atoms with Crippen LogP contribution >= 0.6 is 0 Å². The van der Waals surface area contributed by atoms with Gasteiger partial charge in [-0.1, -0.05) is 30.3 Å². The van der Waals surface area contributed by atoms with Crippen LogP contribution in [0.15, 0.2) is 60.9 Å². The highest BCUT2D eigenvalue weighted by atomic mass is 16.6. The highest BCUT2D eigenvalue weighted by Gasteiger charge is 2.16. The Balaban J connectivity index is 1.51. The minimum Gasteiger partial charge on any atom is -0.476 e. The molecule has 31 heavy (non-hydrogen) atoms. The maximum atomic E-state index is 12.5. The van der Waals surface area contributed by atoms with Crippen LogP contribution < -0.4 is 10.1 Å². The van der Waals surface area contributed by atoms with E-state index in [1.807, 2.05) is 6.07 Å². The third kappa shape index (κ3) is 4.47. The number of hydrogen-bond donors (Lipinski definition) is 1. The summed E-state index contributed by atoms with van der Waals surface area (Å²) in [7, 11) is 1.78. The summed E-state index contributed by atoms with van der Waals surface area (Å²) >= 11 is 0. The number of non-ortho nitro benzene ring substituents is 1. The van der Waals surface area contributed by atoms with Crippen molar-refractivity contribution in [2.24, 2.45) is 7.05 Å². The van der Waals surface area contributed by atoms with Crippen molar-refractivity contribution in [2.45, 2.75) is 6.42 Å². The number of rotatable bonds is 7. The van der Waals surface area contributed by atoms with Gasteiger partial charge in [0.25, 0.3) is 11.6 Å². The first-order valence-corrected chi connectivity index (χ1v) is 9.43. The Morgan fingerprint density at radius 2 is 1.87 bits per heavy atom. The second kappa shape index (κ2) is 8.57. The quantitative estimate of drug-likeness (QED) is 0.361. The fourth-order valence-electron chi connectivity index (χ4n) is 2.95. The Morgan fingerprint density at radius 3 is 2.58 bits per heavy atom. The third-order valence-electron chi connectivity index (χ3n) is 4.57. The number of imidazole rings is 1. The second-order valence-electron chi connectivity index (χ2n) is 6.72. The molecule has 0 atom stereocenters. The van der Waals surface area contributed by atoms with Crippen molar-refractivity contribution >= 4 is 28.7 Å². The van der Waals surface area contributed by atoms with Crippen molar-refractivity contribution in [3.05, 3.63) is 82.2 Å². The van der Waals surface area contributed by atoms with Gasteiger partial charge in [-0.05, 0) is 17.7 Å². The molecule has 0 saturated heterocycles. The molecule has 0 radical (unpaired) electrons. The van der Waals surface area contributed by atoms with Crippen LogP contribution in [0, 0.1) is 10.1 Å². The lowest BCUT2D eigenvalue weighted by Gasteiger charge is -2.09. The first-order chi connectivity index (χ1) is 15.0. The molecule has 0 spiro atoms. The number of benzene rings is 2. The Labute approximate surface area is 176 Å². The number of nitro groups is 1. The summed E-state index contributed by atoms with van der Waals surface area (Å²) in [5.41, 5.74) is 2.40. The molecule has 4 aromatic rings. The number of carbonyl (C=O) groups excluding carboxylic acids is 1. The number of aryl methyl sites for hydroxylation is 1. The number of hydrogen-bond acceptors (Lipinski definition) is 7. The average Bonchev–Trinajstić information content (AvgIpc) is 3.15. The minimum atomic E-state index is -0.440. The van der Waals surface area contributed by atoms with Gasteiger partial charge in [0, 0.05) is 31.2 Å². The number of anilines is 1. The summed E-state index contributed by atoms with van der Waals surface area (Å²) in [6.07, 6.45) is 2.10. The lowest BCUT2D eigenvalue weighted by Crippen LogP contribution is -2.15. The van der Waals surface area contributed by atoms with Gasteiger partial charge in [-0.25, -0.2) is 4.98 Å². The predicted molar refractivity (Wildman–Crippen MR) is 113 cm³/mol. The van der Waals surface area contributed by atoms with Crippen LogP contribution in [0.4, 0.5) is 11.6 Å². The van der Waals surface area contributed by atoms with Gasteiger partial charge in [0.1, 0.15) is 0 Å². The van der Waals surface area contributed by atoms with Crippen molar-refractivity contribution in [1.29, 1.82) is 0 Å². The zero-order valence-electron chi connectivity index (χ0n) is 16.6. The van der Waals surface area contributed by atoms with Crippen molar-refractivity contribution in [3.63, 3.8) is 0 Å². The molecule has 0 bridgehead atoms. The van der Waals surface area contributed by atoms with E-state index in [9.17, 15) is 14.9 Å². The van der Waals surface area contributed by atoms with E-state index in [2.05, 4.69) is 20.3 Å². The summed E-state index contributed by atoms with van der Waals surface area (Å²) in [4.78, 5) is 35.7. The molecule has 0 saturated carbocycles. The topological polar surface area (TPSA) is 125 Å². The SMILES string of the molecule is Cn1cnc2c(OCCc3ccc([N+](=O)[O-])cc3)nc(NC(=O)c3ccccc3)nc21. The van der Waals surface area contributed by atoms with E-state index in [4.69, 9.17) is 4.74 Å². The van der Waals surface area contributed by atoms with Gasteiger partial charge in [0.2, 0.25) is 11.8 Å². The van der Waals surface area contributed by atoms with Crippen molar-refractivity contribution in [1.82, 2.24) is 19.5 Å². The number of nitro benzene ring substituents is 1. The van der Waals surface area contributed by atoms with Gasteiger partial charge in [-0.15, -0.1) is 0 Å². The molecule has 0 aliphatic rings. The molecule has 0 aliphatic carbocycles. The Hall–Kier alpha value is -4.34. The molecular weight excluding hydrogens is 400 g/mol. The molecule has 2 aromatic heterocycles. The minimum absolute atomic E-state index is 0.0365. The molecule has 10 nitrogen and oxygen atoms in total. The molecule has 0 aliphatic heterocycles. The number of ether oxygens (including phenoxy) is 1. The number of fused-ring (bicyclic) bond motifs is 1. The van der Waals surface area contributed by atoms with E-state index in [1.165, 1.54) is 12.1 Å². The summed E-state index contributed by atoms with van der Waals surface area (Å²) in [5.74, 6) is 0.0186. The molecule has 2 heterocycles. The fourth-order valence-corrected chi connectivity index (χ4v) is 2.95. The Kier molecular flexibility index (Phi) is 5.52. The lowest BCUT2D eigenvalue weighted by atomic mass is 10.1. The van der Waals surface area contributed by atoms with Crippen LogP contribution in [0.5, 0.6) is 5.88 Å². The van der Waals surface area contributed by atoms with Crippen LogP contribution in [-0.4, -0.2) is 37.0 Å². The van der Waals surface area contributed by atoms with Gasteiger partial charge < -0.3 is 9.30 Å². The summed E-state index contributed by atoms with van der Waals surface area (Å²) in [6.45, 7) is 0.270. The largest absolute Gasteiger partial charge is 0.476 e. The van der Waals surface area contributed by atoms with Gasteiger partial charge in [0.05, 0.1) is 17.9 Å². The number of amides is 1. The second-order valence-corrected chi connectivity index (χ2v) is 6.72. The van der Waals surface area contributed by atoms with E-state index in [0.29, 0.717) is 23.1 Å². The molecule has 4 rings (SSSR count). The van der Waals surface area contributed by atoms with Crippen LogP contribution in [0.2, 0.25) is 0 Å². The van der Waals surface area contributed by atoms with Crippen molar-refractivity contribution < 1.29 is 14.5 Å². The average molecular weight is 418 g/mol. The first-order valence-electron chi connectivity index (χ1n) is 9.43. The van der Waals surface area contributed by atoms with Crippen molar-refractivity contribution in [3.8, 4) is 5.88 Å².